The van der Waals surface area contributed by atoms with Crippen LogP contribution in [0.15, 0.2) is 6.07 Å². The van der Waals surface area contributed by atoms with Gasteiger partial charge in [-0.25, -0.2) is 0 Å². The zero-order valence-electron chi connectivity index (χ0n) is 14.5. The Balaban J connectivity index is 1.52. The zero-order valence-corrected chi connectivity index (χ0v) is 14.5. The van der Waals surface area contributed by atoms with Gasteiger partial charge in [-0.3, -0.25) is 4.79 Å². The average Bonchev–Trinajstić information content (AvgIpc) is 2.58. The molecule has 1 aromatic heterocycles. The molecule has 3 rings (SSSR count). The molecule has 1 aromatic rings. The van der Waals surface area contributed by atoms with E-state index in [1.807, 2.05) is 0 Å². The van der Waals surface area contributed by atoms with E-state index < -0.39 is 0 Å². The van der Waals surface area contributed by atoms with Crippen LogP contribution < -0.4 is 19.7 Å². The molecule has 2 fully saturated rings. The van der Waals surface area contributed by atoms with Crippen LogP contribution in [-0.2, 0) is 4.79 Å². The van der Waals surface area contributed by atoms with Crippen LogP contribution in [0.1, 0.15) is 38.5 Å². The number of hydrogen-bond acceptors (Lipinski definition) is 6. The minimum absolute atomic E-state index is 0.206. The van der Waals surface area contributed by atoms with E-state index in [1.165, 1.54) is 6.42 Å². The van der Waals surface area contributed by atoms with Gasteiger partial charge in [0.2, 0.25) is 23.6 Å². The maximum atomic E-state index is 12.1. The highest BCUT2D eigenvalue weighted by Gasteiger charge is 2.25. The number of aromatic nitrogens is 2. The Bertz CT molecular complexity index is 547. The van der Waals surface area contributed by atoms with Crippen molar-refractivity contribution in [2.45, 2.75) is 44.6 Å². The van der Waals surface area contributed by atoms with Gasteiger partial charge in [0.1, 0.15) is 0 Å². The Labute approximate surface area is 142 Å². The molecular formula is C17H26N4O3. The van der Waals surface area contributed by atoms with Crippen molar-refractivity contribution < 1.29 is 14.3 Å². The second-order valence-corrected chi connectivity index (χ2v) is 6.58. The first kappa shape index (κ1) is 16.8. The van der Waals surface area contributed by atoms with Gasteiger partial charge in [-0.15, -0.1) is 0 Å². The summed E-state index contributed by atoms with van der Waals surface area (Å²) in [7, 11) is 3.16. The molecule has 0 spiro atoms. The first-order valence-corrected chi connectivity index (χ1v) is 8.69. The molecule has 24 heavy (non-hydrogen) atoms. The Morgan fingerprint density at radius 2 is 1.79 bits per heavy atom. The molecule has 1 saturated carbocycles. The molecule has 0 atom stereocenters. The molecule has 132 valence electrons. The Morgan fingerprint density at radius 1 is 1.17 bits per heavy atom. The third-order valence-corrected chi connectivity index (χ3v) is 4.93. The summed E-state index contributed by atoms with van der Waals surface area (Å²) >= 11 is 0. The average molecular weight is 334 g/mol. The molecule has 2 heterocycles. The van der Waals surface area contributed by atoms with E-state index in [1.54, 1.807) is 20.3 Å². The quantitative estimate of drug-likeness (QED) is 0.854. The number of amides is 1. The normalized spacial score (nSPS) is 18.8. The van der Waals surface area contributed by atoms with Crippen molar-refractivity contribution in [1.29, 1.82) is 0 Å². The Hall–Kier alpha value is -2.05. The van der Waals surface area contributed by atoms with Gasteiger partial charge in [0, 0.05) is 25.6 Å². The van der Waals surface area contributed by atoms with Crippen LogP contribution in [0.4, 0.5) is 5.95 Å². The Morgan fingerprint density at radius 3 is 2.29 bits per heavy atom. The number of piperidine rings is 1. The van der Waals surface area contributed by atoms with Crippen LogP contribution in [0.25, 0.3) is 0 Å². The molecule has 2 aliphatic rings. The van der Waals surface area contributed by atoms with E-state index in [9.17, 15) is 4.79 Å². The highest BCUT2D eigenvalue weighted by Crippen LogP contribution is 2.26. The molecule has 1 aliphatic carbocycles. The third kappa shape index (κ3) is 4.07. The van der Waals surface area contributed by atoms with E-state index >= 15 is 0 Å². The van der Waals surface area contributed by atoms with Gasteiger partial charge in [0.15, 0.2) is 0 Å². The third-order valence-electron chi connectivity index (χ3n) is 4.93. The van der Waals surface area contributed by atoms with Gasteiger partial charge >= 0.3 is 0 Å². The van der Waals surface area contributed by atoms with Crippen LogP contribution in [0.5, 0.6) is 11.8 Å². The molecule has 0 aromatic carbocycles. The summed E-state index contributed by atoms with van der Waals surface area (Å²) < 4.78 is 10.4. The van der Waals surface area contributed by atoms with Crippen molar-refractivity contribution in [1.82, 2.24) is 15.3 Å². The lowest BCUT2D eigenvalue weighted by Crippen LogP contribution is -2.41. The zero-order chi connectivity index (χ0) is 16.9. The predicted octanol–water partition coefficient (Wildman–Crippen LogP) is 1.77. The van der Waals surface area contributed by atoms with Gasteiger partial charge in [0.25, 0.3) is 0 Å². The van der Waals surface area contributed by atoms with Crippen molar-refractivity contribution in [2.75, 3.05) is 32.2 Å². The summed E-state index contributed by atoms with van der Waals surface area (Å²) in [6.07, 6.45) is 6.10. The van der Waals surface area contributed by atoms with Crippen LogP contribution in [-0.4, -0.2) is 49.2 Å². The SMILES string of the molecule is COc1cc(OC)nc(N2CCC(CC(=O)NC3CCC3)CC2)n1. The van der Waals surface area contributed by atoms with E-state index in [0.29, 0.717) is 36.1 Å². The summed E-state index contributed by atoms with van der Waals surface area (Å²) in [4.78, 5) is 23.0. The fourth-order valence-electron chi connectivity index (χ4n) is 3.18. The standard InChI is InChI=1S/C17H26N4O3/c1-23-15-11-16(24-2)20-17(19-15)21-8-6-12(7-9-21)10-14(22)18-13-4-3-5-13/h11-13H,3-10H2,1-2H3,(H,18,22). The summed E-state index contributed by atoms with van der Waals surface area (Å²) in [6, 6.07) is 2.09. The van der Waals surface area contributed by atoms with Gasteiger partial charge in [-0.1, -0.05) is 0 Å². The van der Waals surface area contributed by atoms with Crippen molar-refractivity contribution in [3.05, 3.63) is 6.07 Å². The van der Waals surface area contributed by atoms with E-state index in [-0.39, 0.29) is 5.91 Å². The first-order chi connectivity index (χ1) is 11.7. The number of carbonyl (C=O) groups excluding carboxylic acids is 1. The summed E-state index contributed by atoms with van der Waals surface area (Å²) in [5.41, 5.74) is 0. The van der Waals surface area contributed by atoms with Crippen LogP contribution in [0.2, 0.25) is 0 Å². The number of ether oxygens (including phenoxy) is 2. The predicted molar refractivity (Wildman–Crippen MR) is 90.5 cm³/mol. The van der Waals surface area contributed by atoms with Gasteiger partial charge in [0.05, 0.1) is 20.3 Å². The summed E-state index contributed by atoms with van der Waals surface area (Å²) in [5.74, 6) is 2.27. The van der Waals surface area contributed by atoms with E-state index in [2.05, 4.69) is 20.2 Å². The minimum Gasteiger partial charge on any atom is -0.481 e. The van der Waals surface area contributed by atoms with Gasteiger partial charge in [-0.2, -0.15) is 9.97 Å². The molecule has 1 amide bonds. The lowest BCUT2D eigenvalue weighted by atomic mass is 9.91. The summed E-state index contributed by atoms with van der Waals surface area (Å²) in [5, 5.41) is 3.13. The number of anilines is 1. The number of rotatable bonds is 6. The number of hydrogen-bond donors (Lipinski definition) is 1. The first-order valence-electron chi connectivity index (χ1n) is 8.69. The lowest BCUT2D eigenvalue weighted by molar-refractivity contribution is -0.123. The van der Waals surface area contributed by atoms with Crippen molar-refractivity contribution >= 4 is 11.9 Å². The fraction of sp³-hybridized carbons (Fsp3) is 0.706. The van der Waals surface area contributed by atoms with Crippen LogP contribution in [0, 0.1) is 5.92 Å². The number of nitrogens with zero attached hydrogens (tertiary/aromatic N) is 3. The maximum Gasteiger partial charge on any atom is 0.231 e. The molecule has 0 unspecified atom stereocenters. The maximum absolute atomic E-state index is 12.1. The lowest BCUT2D eigenvalue weighted by Gasteiger charge is -2.32. The molecular weight excluding hydrogens is 308 g/mol. The number of nitrogens with one attached hydrogen (secondary N) is 1. The Kier molecular flexibility index (Phi) is 5.37. The molecule has 7 nitrogen and oxygen atoms in total. The van der Waals surface area contributed by atoms with Crippen molar-refractivity contribution in [2.24, 2.45) is 5.92 Å². The van der Waals surface area contributed by atoms with E-state index in [0.717, 1.165) is 38.8 Å². The van der Waals surface area contributed by atoms with Crippen molar-refractivity contribution in [3.63, 3.8) is 0 Å². The summed E-state index contributed by atoms with van der Waals surface area (Å²) in [6.45, 7) is 1.69. The molecule has 1 aliphatic heterocycles. The topological polar surface area (TPSA) is 76.6 Å². The van der Waals surface area contributed by atoms with Gasteiger partial charge < -0.3 is 19.7 Å². The molecule has 0 radical (unpaired) electrons. The number of methoxy groups -OCH3 is 2. The monoisotopic (exact) mass is 334 g/mol. The van der Waals surface area contributed by atoms with E-state index in [4.69, 9.17) is 9.47 Å². The smallest absolute Gasteiger partial charge is 0.231 e. The van der Waals surface area contributed by atoms with Gasteiger partial charge in [-0.05, 0) is 38.0 Å². The number of carbonyl (C=O) groups is 1. The highest BCUT2D eigenvalue weighted by atomic mass is 16.5. The van der Waals surface area contributed by atoms with Crippen LogP contribution in [0.3, 0.4) is 0 Å². The second kappa shape index (κ2) is 7.68. The largest absolute Gasteiger partial charge is 0.481 e. The fourth-order valence-corrected chi connectivity index (χ4v) is 3.18. The molecule has 0 bridgehead atoms. The highest BCUT2D eigenvalue weighted by molar-refractivity contribution is 5.76. The second-order valence-electron chi connectivity index (χ2n) is 6.58. The molecule has 1 N–H and O–H groups in total. The van der Waals surface area contributed by atoms with Crippen LogP contribution >= 0.6 is 0 Å². The molecule has 7 heteroatoms. The minimum atomic E-state index is 0.206. The van der Waals surface area contributed by atoms with Crippen molar-refractivity contribution in [3.8, 4) is 11.8 Å². The molecule has 1 saturated heterocycles.